The minimum absolute atomic E-state index is 0.155. The highest BCUT2D eigenvalue weighted by atomic mass is 19.1. The fourth-order valence-electron chi connectivity index (χ4n) is 1.30. The molecule has 0 bridgehead atoms. The molecule has 0 saturated heterocycles. The molecule has 0 aliphatic heterocycles. The van der Waals surface area contributed by atoms with Crippen molar-refractivity contribution in [2.75, 3.05) is 0 Å². The number of nitrogens with zero attached hydrogens (tertiary/aromatic N) is 1. The Morgan fingerprint density at radius 2 is 1.88 bits per heavy atom. The van der Waals surface area contributed by atoms with E-state index in [0.29, 0.717) is 11.3 Å². The third-order valence-corrected chi connectivity index (χ3v) is 2.10. The first-order valence-corrected chi connectivity index (χ1v) is 4.83. The van der Waals surface area contributed by atoms with Crippen LogP contribution in [0.3, 0.4) is 0 Å². The topological polar surface area (TPSA) is 32.6 Å². The lowest BCUT2D eigenvalue weighted by Crippen LogP contribution is -1.81. The number of para-hydroxylation sites is 1. The summed E-state index contributed by atoms with van der Waals surface area (Å²) in [5, 5.41) is 9.48. The first-order chi connectivity index (χ1) is 7.75. The van der Waals surface area contributed by atoms with Crippen LogP contribution in [0.25, 0.3) is 0 Å². The monoisotopic (exact) mass is 215 g/mol. The van der Waals surface area contributed by atoms with E-state index in [2.05, 4.69) is 4.99 Å². The Morgan fingerprint density at radius 3 is 2.62 bits per heavy atom. The van der Waals surface area contributed by atoms with Gasteiger partial charge in [0.15, 0.2) is 0 Å². The molecule has 0 aromatic heterocycles. The normalized spacial score (nSPS) is 10.8. The molecule has 3 heteroatoms. The average molecular weight is 215 g/mol. The molecule has 0 atom stereocenters. The molecule has 1 N–H and O–H groups in total. The Bertz CT molecular complexity index is 523. The van der Waals surface area contributed by atoms with Crippen molar-refractivity contribution in [1.29, 1.82) is 0 Å². The quantitative estimate of drug-likeness (QED) is 0.766. The Kier molecular flexibility index (Phi) is 2.96. The minimum atomic E-state index is -0.327. The second kappa shape index (κ2) is 4.57. The Labute approximate surface area is 92.7 Å². The summed E-state index contributed by atoms with van der Waals surface area (Å²) in [7, 11) is 0. The molecule has 2 nitrogen and oxygen atoms in total. The van der Waals surface area contributed by atoms with Gasteiger partial charge in [0.1, 0.15) is 11.6 Å². The van der Waals surface area contributed by atoms with E-state index < -0.39 is 0 Å². The lowest BCUT2D eigenvalue weighted by Gasteiger charge is -1.97. The molecular weight excluding hydrogens is 205 g/mol. The summed E-state index contributed by atoms with van der Waals surface area (Å²) in [6.07, 6.45) is 1.50. The van der Waals surface area contributed by atoms with E-state index in [1.54, 1.807) is 36.4 Å². The first kappa shape index (κ1) is 10.4. The zero-order chi connectivity index (χ0) is 11.4. The molecule has 0 aliphatic carbocycles. The maximum atomic E-state index is 12.8. The zero-order valence-corrected chi connectivity index (χ0v) is 8.47. The number of hydrogen-bond acceptors (Lipinski definition) is 2. The van der Waals surface area contributed by atoms with Crippen molar-refractivity contribution < 1.29 is 9.50 Å². The number of aromatic hydroxyl groups is 1. The Hall–Kier alpha value is -2.16. The van der Waals surface area contributed by atoms with Crippen LogP contribution in [0.5, 0.6) is 5.75 Å². The van der Waals surface area contributed by atoms with Gasteiger partial charge in [0.05, 0.1) is 5.69 Å². The van der Waals surface area contributed by atoms with E-state index in [0.717, 1.165) is 0 Å². The predicted molar refractivity (Wildman–Crippen MR) is 61.8 cm³/mol. The molecule has 0 fully saturated rings. The van der Waals surface area contributed by atoms with Crippen molar-refractivity contribution >= 4 is 11.9 Å². The molecule has 0 heterocycles. The smallest absolute Gasteiger partial charge is 0.125 e. The fourth-order valence-corrected chi connectivity index (χ4v) is 1.30. The Morgan fingerprint density at radius 1 is 1.06 bits per heavy atom. The van der Waals surface area contributed by atoms with Gasteiger partial charge >= 0.3 is 0 Å². The highest BCUT2D eigenvalue weighted by Gasteiger charge is 1.95. The molecule has 2 rings (SSSR count). The predicted octanol–water partition coefficient (Wildman–Crippen LogP) is 3.28. The standard InChI is InChI=1S/C13H10FNO/c14-11-5-3-6-12(8-11)15-9-10-4-1-2-7-13(10)16/h1-9,16H/b15-9+. The van der Waals surface area contributed by atoms with Crippen LogP contribution in [0.4, 0.5) is 10.1 Å². The number of phenolic OH excluding ortho intramolecular Hbond substituents is 1. The van der Waals surface area contributed by atoms with Crippen LogP contribution in [0, 0.1) is 5.82 Å². The van der Waals surface area contributed by atoms with Gasteiger partial charge in [-0.15, -0.1) is 0 Å². The number of rotatable bonds is 2. The second-order valence-corrected chi connectivity index (χ2v) is 3.30. The van der Waals surface area contributed by atoms with Gasteiger partial charge in [0, 0.05) is 11.8 Å². The average Bonchev–Trinajstić information content (AvgIpc) is 2.28. The minimum Gasteiger partial charge on any atom is -0.507 e. The van der Waals surface area contributed by atoms with Crippen LogP contribution in [0.1, 0.15) is 5.56 Å². The van der Waals surface area contributed by atoms with Gasteiger partial charge in [-0.05, 0) is 30.3 Å². The van der Waals surface area contributed by atoms with Crippen molar-refractivity contribution in [3.63, 3.8) is 0 Å². The van der Waals surface area contributed by atoms with Gasteiger partial charge in [-0.1, -0.05) is 18.2 Å². The summed E-state index contributed by atoms with van der Waals surface area (Å²) >= 11 is 0. The molecule has 2 aromatic rings. The van der Waals surface area contributed by atoms with E-state index in [9.17, 15) is 9.50 Å². The second-order valence-electron chi connectivity index (χ2n) is 3.30. The SMILES string of the molecule is Oc1ccccc1/C=N/c1cccc(F)c1. The van der Waals surface area contributed by atoms with Gasteiger partial charge in [0.2, 0.25) is 0 Å². The van der Waals surface area contributed by atoms with Crippen molar-refractivity contribution in [1.82, 2.24) is 0 Å². The number of hydrogen-bond donors (Lipinski definition) is 1. The molecule has 0 aliphatic rings. The van der Waals surface area contributed by atoms with Gasteiger partial charge in [-0.25, -0.2) is 4.39 Å². The maximum Gasteiger partial charge on any atom is 0.125 e. The van der Waals surface area contributed by atoms with Crippen LogP contribution in [0.15, 0.2) is 53.5 Å². The van der Waals surface area contributed by atoms with Crippen molar-refractivity contribution in [2.45, 2.75) is 0 Å². The number of halogens is 1. The van der Waals surface area contributed by atoms with E-state index in [1.807, 2.05) is 0 Å². The van der Waals surface area contributed by atoms with Crippen molar-refractivity contribution in [3.8, 4) is 5.75 Å². The molecule has 0 saturated carbocycles. The van der Waals surface area contributed by atoms with Crippen LogP contribution in [-0.2, 0) is 0 Å². The van der Waals surface area contributed by atoms with Crippen LogP contribution in [0.2, 0.25) is 0 Å². The maximum absolute atomic E-state index is 12.8. The molecule has 16 heavy (non-hydrogen) atoms. The molecule has 0 unspecified atom stereocenters. The van der Waals surface area contributed by atoms with Gasteiger partial charge in [-0.3, -0.25) is 4.99 Å². The van der Waals surface area contributed by atoms with E-state index in [1.165, 1.54) is 18.3 Å². The number of phenols is 1. The third kappa shape index (κ3) is 2.45. The van der Waals surface area contributed by atoms with Gasteiger partial charge in [0.25, 0.3) is 0 Å². The van der Waals surface area contributed by atoms with Gasteiger partial charge in [-0.2, -0.15) is 0 Å². The van der Waals surface area contributed by atoms with E-state index in [-0.39, 0.29) is 11.6 Å². The number of benzene rings is 2. The molecule has 0 amide bonds. The lowest BCUT2D eigenvalue weighted by molar-refractivity contribution is 0.474. The molecule has 0 radical (unpaired) electrons. The molecule has 0 spiro atoms. The summed E-state index contributed by atoms with van der Waals surface area (Å²) in [6, 6.07) is 12.8. The fraction of sp³-hybridized carbons (Fsp3) is 0. The zero-order valence-electron chi connectivity index (χ0n) is 8.47. The summed E-state index contributed by atoms with van der Waals surface area (Å²) in [6.45, 7) is 0. The van der Waals surface area contributed by atoms with Crippen molar-refractivity contribution in [3.05, 3.63) is 59.9 Å². The van der Waals surface area contributed by atoms with Crippen LogP contribution in [-0.4, -0.2) is 11.3 Å². The number of aliphatic imine (C=N–C) groups is 1. The highest BCUT2D eigenvalue weighted by Crippen LogP contribution is 2.16. The molecule has 80 valence electrons. The van der Waals surface area contributed by atoms with E-state index in [4.69, 9.17) is 0 Å². The summed E-state index contributed by atoms with van der Waals surface area (Å²) in [4.78, 5) is 4.07. The summed E-state index contributed by atoms with van der Waals surface area (Å²) in [5.41, 5.74) is 1.12. The largest absolute Gasteiger partial charge is 0.507 e. The third-order valence-electron chi connectivity index (χ3n) is 2.10. The summed E-state index contributed by atoms with van der Waals surface area (Å²) < 4.78 is 12.8. The Balaban J connectivity index is 2.25. The summed E-state index contributed by atoms with van der Waals surface area (Å²) in [5.74, 6) is -0.172. The van der Waals surface area contributed by atoms with Gasteiger partial charge < -0.3 is 5.11 Å². The first-order valence-electron chi connectivity index (χ1n) is 4.83. The van der Waals surface area contributed by atoms with Crippen LogP contribution >= 0.6 is 0 Å². The van der Waals surface area contributed by atoms with Crippen molar-refractivity contribution in [2.24, 2.45) is 4.99 Å². The van der Waals surface area contributed by atoms with Crippen LogP contribution < -0.4 is 0 Å². The highest BCUT2D eigenvalue weighted by molar-refractivity contribution is 5.85. The molecule has 2 aromatic carbocycles. The lowest BCUT2D eigenvalue weighted by atomic mass is 10.2. The molecular formula is C13H10FNO. The van der Waals surface area contributed by atoms with E-state index >= 15 is 0 Å².